The van der Waals surface area contributed by atoms with Gasteiger partial charge < -0.3 is 19.5 Å². The van der Waals surface area contributed by atoms with Crippen molar-refractivity contribution in [3.63, 3.8) is 0 Å². The van der Waals surface area contributed by atoms with Crippen molar-refractivity contribution in [1.82, 2.24) is 10.3 Å². The molecule has 29 heavy (non-hydrogen) atoms. The van der Waals surface area contributed by atoms with E-state index in [1.165, 1.54) is 6.07 Å². The van der Waals surface area contributed by atoms with Crippen LogP contribution in [0.3, 0.4) is 0 Å². The first kappa shape index (κ1) is 18.7. The van der Waals surface area contributed by atoms with Crippen LogP contribution < -0.4 is 15.6 Å². The van der Waals surface area contributed by atoms with Gasteiger partial charge in [-0.05, 0) is 42.3 Å². The third-order valence-electron chi connectivity index (χ3n) is 5.11. The number of H-pyrrole nitrogens is 1. The van der Waals surface area contributed by atoms with Crippen molar-refractivity contribution in [3.8, 4) is 5.75 Å². The lowest BCUT2D eigenvalue weighted by Gasteiger charge is -2.22. The van der Waals surface area contributed by atoms with Crippen molar-refractivity contribution >= 4 is 11.7 Å². The number of aromatic nitrogens is 1. The number of ether oxygens (including phenoxy) is 1. The van der Waals surface area contributed by atoms with E-state index in [4.69, 9.17) is 9.15 Å². The predicted octanol–water partition coefficient (Wildman–Crippen LogP) is 2.82. The first-order valence-corrected chi connectivity index (χ1v) is 9.29. The van der Waals surface area contributed by atoms with Gasteiger partial charge in [0.05, 0.1) is 13.4 Å². The summed E-state index contributed by atoms with van der Waals surface area (Å²) in [7, 11) is 1.58. The van der Waals surface area contributed by atoms with Crippen LogP contribution in [0.25, 0.3) is 0 Å². The van der Waals surface area contributed by atoms with Gasteiger partial charge in [-0.2, -0.15) is 0 Å². The monoisotopic (exact) mass is 392 g/mol. The van der Waals surface area contributed by atoms with Crippen LogP contribution in [-0.4, -0.2) is 23.8 Å². The molecule has 0 fully saturated rings. The molecule has 0 aliphatic heterocycles. The lowest BCUT2D eigenvalue weighted by Crippen LogP contribution is -2.32. The molecule has 7 heteroatoms. The molecular formula is C22H20N2O5. The van der Waals surface area contributed by atoms with Crippen molar-refractivity contribution in [2.24, 2.45) is 0 Å². The summed E-state index contributed by atoms with van der Waals surface area (Å²) in [6, 6.07) is 12.2. The summed E-state index contributed by atoms with van der Waals surface area (Å²) in [6.07, 6.45) is 2.32. The highest BCUT2D eigenvalue weighted by atomic mass is 16.5. The predicted molar refractivity (Wildman–Crippen MR) is 105 cm³/mol. The fourth-order valence-electron chi connectivity index (χ4n) is 3.55. The van der Waals surface area contributed by atoms with Crippen molar-refractivity contribution in [1.29, 1.82) is 0 Å². The summed E-state index contributed by atoms with van der Waals surface area (Å²) in [5.74, 6) is 0.679. The molecule has 4 rings (SSSR count). The highest BCUT2D eigenvalue weighted by Crippen LogP contribution is 2.31. The molecule has 1 aliphatic rings. The molecule has 1 atom stereocenters. The zero-order chi connectivity index (χ0) is 20.4. The van der Waals surface area contributed by atoms with Crippen LogP contribution in [0.1, 0.15) is 50.1 Å². The smallest absolute Gasteiger partial charge is 0.261 e. The number of carbonyl (C=O) groups is 2. The number of rotatable bonds is 5. The fraction of sp³-hybridized carbons (Fsp3) is 0.227. The van der Waals surface area contributed by atoms with E-state index < -0.39 is 11.5 Å². The van der Waals surface area contributed by atoms with Crippen LogP contribution in [0.2, 0.25) is 0 Å². The SMILES string of the molecule is COc1ccc(CNC(=O)c2cc3c([nH]c2=O)C[C@H](c2ccco2)CC3=O)cc1. The number of benzene rings is 1. The van der Waals surface area contributed by atoms with E-state index in [0.29, 0.717) is 23.4 Å². The third-order valence-corrected chi connectivity index (χ3v) is 5.11. The van der Waals surface area contributed by atoms with Crippen LogP contribution in [0.15, 0.2) is 57.9 Å². The van der Waals surface area contributed by atoms with E-state index in [0.717, 1.165) is 11.3 Å². The van der Waals surface area contributed by atoms with E-state index in [1.807, 2.05) is 18.2 Å². The Balaban J connectivity index is 1.51. The number of hydrogen-bond acceptors (Lipinski definition) is 5. The van der Waals surface area contributed by atoms with E-state index in [1.54, 1.807) is 31.6 Å². The number of hydrogen-bond donors (Lipinski definition) is 2. The zero-order valence-corrected chi connectivity index (χ0v) is 15.9. The molecule has 7 nitrogen and oxygen atoms in total. The Kier molecular flexibility index (Phi) is 5.03. The van der Waals surface area contributed by atoms with Gasteiger partial charge in [-0.1, -0.05) is 12.1 Å². The number of methoxy groups -OCH3 is 1. The van der Waals surface area contributed by atoms with E-state index in [2.05, 4.69) is 10.3 Å². The molecule has 148 valence electrons. The largest absolute Gasteiger partial charge is 0.497 e. The standard InChI is InChI=1S/C22H20N2O5/c1-28-15-6-4-13(5-7-15)12-23-21(26)17-11-16-18(24-22(17)27)9-14(10-19(16)25)20-3-2-8-29-20/h2-8,11,14H,9-10,12H2,1H3,(H,23,26)(H,24,27)/t14-/m0/s1. The number of ketones is 1. The highest BCUT2D eigenvalue weighted by Gasteiger charge is 2.30. The summed E-state index contributed by atoms with van der Waals surface area (Å²) in [4.78, 5) is 40.3. The molecule has 3 aromatic rings. The third kappa shape index (κ3) is 3.85. The number of fused-ring (bicyclic) bond motifs is 1. The lowest BCUT2D eigenvalue weighted by atomic mass is 9.84. The minimum absolute atomic E-state index is 0.0675. The Morgan fingerprint density at radius 1 is 1.21 bits per heavy atom. The zero-order valence-electron chi connectivity index (χ0n) is 15.9. The molecule has 0 unspecified atom stereocenters. The molecule has 0 saturated heterocycles. The van der Waals surface area contributed by atoms with Crippen LogP contribution in [0.4, 0.5) is 0 Å². The first-order chi connectivity index (χ1) is 14.0. The van der Waals surface area contributed by atoms with Crippen LogP contribution in [-0.2, 0) is 13.0 Å². The van der Waals surface area contributed by atoms with E-state index in [-0.39, 0.29) is 30.2 Å². The number of aromatic amines is 1. The van der Waals surface area contributed by atoms with Gasteiger partial charge in [0.1, 0.15) is 17.1 Å². The molecule has 2 N–H and O–H groups in total. The van der Waals surface area contributed by atoms with Crippen molar-refractivity contribution in [3.05, 3.63) is 87.2 Å². The Bertz CT molecular complexity index is 1100. The average molecular weight is 392 g/mol. The van der Waals surface area contributed by atoms with Gasteiger partial charge in [-0.15, -0.1) is 0 Å². The summed E-state index contributed by atoms with van der Waals surface area (Å²) >= 11 is 0. The highest BCUT2D eigenvalue weighted by molar-refractivity contribution is 6.02. The van der Waals surface area contributed by atoms with Gasteiger partial charge >= 0.3 is 0 Å². The maximum absolute atomic E-state index is 12.6. The number of amides is 1. The molecule has 2 aromatic heterocycles. The van der Waals surface area contributed by atoms with Gasteiger partial charge in [-0.3, -0.25) is 14.4 Å². The molecule has 0 bridgehead atoms. The number of carbonyl (C=O) groups excluding carboxylic acids is 2. The van der Waals surface area contributed by atoms with Crippen molar-refractivity contribution in [2.45, 2.75) is 25.3 Å². The molecule has 2 heterocycles. The topological polar surface area (TPSA) is 101 Å². The quantitative estimate of drug-likeness (QED) is 0.695. The Morgan fingerprint density at radius 2 is 2.00 bits per heavy atom. The van der Waals surface area contributed by atoms with Crippen molar-refractivity contribution in [2.75, 3.05) is 7.11 Å². The summed E-state index contributed by atoms with van der Waals surface area (Å²) in [6.45, 7) is 0.258. The summed E-state index contributed by atoms with van der Waals surface area (Å²) in [5, 5.41) is 2.72. The minimum Gasteiger partial charge on any atom is -0.497 e. The lowest BCUT2D eigenvalue weighted by molar-refractivity contribution is 0.0949. The molecule has 0 spiro atoms. The molecule has 1 amide bonds. The molecular weight excluding hydrogens is 372 g/mol. The molecule has 1 aliphatic carbocycles. The van der Waals surface area contributed by atoms with Crippen LogP contribution in [0.5, 0.6) is 5.75 Å². The summed E-state index contributed by atoms with van der Waals surface area (Å²) < 4.78 is 10.5. The number of nitrogens with one attached hydrogen (secondary N) is 2. The Morgan fingerprint density at radius 3 is 2.69 bits per heavy atom. The fourth-order valence-corrected chi connectivity index (χ4v) is 3.55. The maximum Gasteiger partial charge on any atom is 0.261 e. The minimum atomic E-state index is -0.522. The Hall–Kier alpha value is -3.61. The van der Waals surface area contributed by atoms with E-state index >= 15 is 0 Å². The first-order valence-electron chi connectivity index (χ1n) is 9.29. The van der Waals surface area contributed by atoms with E-state index in [9.17, 15) is 14.4 Å². The Labute approximate surface area is 166 Å². The van der Waals surface area contributed by atoms with Gasteiger partial charge in [-0.25, -0.2) is 0 Å². The number of Topliss-reactive ketones (excluding diaryl/α,β-unsaturated/α-hetero) is 1. The second-order valence-corrected chi connectivity index (χ2v) is 6.98. The second-order valence-electron chi connectivity index (χ2n) is 6.98. The van der Waals surface area contributed by atoms with Gasteiger partial charge in [0, 0.05) is 30.1 Å². The van der Waals surface area contributed by atoms with Crippen LogP contribution in [0, 0.1) is 0 Å². The number of furan rings is 1. The average Bonchev–Trinajstić information content (AvgIpc) is 3.27. The van der Waals surface area contributed by atoms with Crippen LogP contribution >= 0.6 is 0 Å². The maximum atomic E-state index is 12.6. The number of pyridine rings is 1. The second kappa shape index (κ2) is 7.79. The normalized spacial score (nSPS) is 15.6. The molecule has 1 aromatic carbocycles. The summed E-state index contributed by atoms with van der Waals surface area (Å²) in [5.41, 5.74) is 1.22. The van der Waals surface area contributed by atoms with Gasteiger partial charge in [0.25, 0.3) is 11.5 Å². The molecule has 0 radical (unpaired) electrons. The van der Waals surface area contributed by atoms with Gasteiger partial charge in [0.15, 0.2) is 5.78 Å². The van der Waals surface area contributed by atoms with Crippen molar-refractivity contribution < 1.29 is 18.7 Å². The van der Waals surface area contributed by atoms with Gasteiger partial charge in [0.2, 0.25) is 0 Å². The molecule has 0 saturated carbocycles.